The van der Waals surface area contributed by atoms with E-state index >= 15 is 0 Å². The van der Waals surface area contributed by atoms with Gasteiger partial charge in [0.05, 0.1) is 18.1 Å². The number of nitrogens with zero attached hydrogens (tertiary/aromatic N) is 1. The van der Waals surface area contributed by atoms with Gasteiger partial charge in [0, 0.05) is 0 Å². The Morgan fingerprint density at radius 3 is 2.95 bits per heavy atom. The van der Waals surface area contributed by atoms with Crippen LogP contribution in [0.4, 0.5) is 0 Å². The highest BCUT2D eigenvalue weighted by molar-refractivity contribution is 8.00. The molecule has 108 valence electrons. The molecule has 1 N–H and O–H groups in total. The van der Waals surface area contributed by atoms with Crippen LogP contribution in [0.5, 0.6) is 0 Å². The van der Waals surface area contributed by atoms with Gasteiger partial charge in [-0.15, -0.1) is 0 Å². The van der Waals surface area contributed by atoms with Gasteiger partial charge in [-0.3, -0.25) is 4.79 Å². The molecular weight excluding hydrogens is 288 g/mol. The van der Waals surface area contributed by atoms with Gasteiger partial charge < -0.3 is 14.2 Å². The predicted octanol–water partition coefficient (Wildman–Crippen LogP) is 3.22. The predicted molar refractivity (Wildman–Crippen MR) is 79.9 cm³/mol. The molecule has 2 heterocycles. The van der Waals surface area contributed by atoms with Crippen LogP contribution in [-0.2, 0) is 11.3 Å². The maximum Gasteiger partial charge on any atom is 0.257 e. The van der Waals surface area contributed by atoms with E-state index in [0.29, 0.717) is 11.8 Å². The highest BCUT2D eigenvalue weighted by atomic mass is 32.2. The van der Waals surface area contributed by atoms with Crippen molar-refractivity contribution < 1.29 is 13.6 Å². The summed E-state index contributed by atoms with van der Waals surface area (Å²) < 4.78 is 10.8. The third-order valence-corrected chi connectivity index (χ3v) is 3.88. The Kier molecular flexibility index (Phi) is 3.96. The lowest BCUT2D eigenvalue weighted by molar-refractivity contribution is -0.120. The first-order valence-electron chi connectivity index (χ1n) is 6.55. The second-order valence-corrected chi connectivity index (χ2v) is 5.80. The van der Waals surface area contributed by atoms with Crippen LogP contribution < -0.4 is 5.32 Å². The van der Waals surface area contributed by atoms with Crippen molar-refractivity contribution in [2.24, 2.45) is 0 Å². The minimum Gasteiger partial charge on any atom is -0.467 e. The number of carbonyl (C=O) groups is 1. The van der Waals surface area contributed by atoms with Gasteiger partial charge in [-0.25, -0.2) is 4.98 Å². The van der Waals surface area contributed by atoms with Crippen molar-refractivity contribution in [3.63, 3.8) is 0 Å². The molecule has 0 saturated heterocycles. The van der Waals surface area contributed by atoms with Crippen molar-refractivity contribution in [3.8, 4) is 0 Å². The summed E-state index contributed by atoms with van der Waals surface area (Å²) in [6.45, 7) is 2.20. The van der Waals surface area contributed by atoms with Gasteiger partial charge in [0.25, 0.3) is 5.22 Å². The Labute approximate surface area is 125 Å². The summed E-state index contributed by atoms with van der Waals surface area (Å²) in [5.74, 6) is 0.640. The maximum absolute atomic E-state index is 12.0. The number of aromatic nitrogens is 1. The van der Waals surface area contributed by atoms with Crippen LogP contribution in [0.1, 0.15) is 12.7 Å². The number of furan rings is 1. The Morgan fingerprint density at radius 1 is 1.33 bits per heavy atom. The monoisotopic (exact) mass is 302 g/mol. The van der Waals surface area contributed by atoms with Crippen molar-refractivity contribution in [1.29, 1.82) is 0 Å². The van der Waals surface area contributed by atoms with Crippen molar-refractivity contribution in [2.45, 2.75) is 23.9 Å². The minimum absolute atomic E-state index is 0.0846. The van der Waals surface area contributed by atoms with Crippen LogP contribution in [-0.4, -0.2) is 16.1 Å². The first kappa shape index (κ1) is 13.8. The molecule has 0 aliphatic carbocycles. The Morgan fingerprint density at radius 2 is 2.19 bits per heavy atom. The molecule has 0 unspecified atom stereocenters. The number of fused-ring (bicyclic) bond motifs is 1. The molecule has 1 atom stereocenters. The highest BCUT2D eigenvalue weighted by Crippen LogP contribution is 2.26. The molecule has 1 aromatic carbocycles. The van der Waals surface area contributed by atoms with Gasteiger partial charge in [0.1, 0.15) is 11.3 Å². The average Bonchev–Trinajstić information content (AvgIpc) is 3.13. The fraction of sp³-hybridized carbons (Fsp3) is 0.200. The lowest BCUT2D eigenvalue weighted by Gasteiger charge is -2.08. The van der Waals surface area contributed by atoms with E-state index in [2.05, 4.69) is 10.3 Å². The van der Waals surface area contributed by atoms with Crippen molar-refractivity contribution in [3.05, 3.63) is 48.4 Å². The Balaban J connectivity index is 1.59. The molecule has 3 rings (SSSR count). The summed E-state index contributed by atoms with van der Waals surface area (Å²) in [6.07, 6.45) is 1.58. The fourth-order valence-corrected chi connectivity index (χ4v) is 2.62. The van der Waals surface area contributed by atoms with Crippen molar-refractivity contribution in [1.82, 2.24) is 10.3 Å². The molecule has 0 saturated carbocycles. The molecule has 3 aromatic rings. The zero-order valence-corrected chi connectivity index (χ0v) is 12.2. The molecular formula is C15H14N2O3S. The number of carbonyl (C=O) groups excluding carboxylic acids is 1. The van der Waals surface area contributed by atoms with Crippen molar-refractivity contribution >= 4 is 28.8 Å². The molecule has 0 fully saturated rings. The van der Waals surface area contributed by atoms with E-state index in [-0.39, 0.29) is 11.2 Å². The van der Waals surface area contributed by atoms with E-state index in [9.17, 15) is 4.79 Å². The van der Waals surface area contributed by atoms with Crippen LogP contribution in [0.2, 0.25) is 0 Å². The summed E-state index contributed by atoms with van der Waals surface area (Å²) in [5.41, 5.74) is 1.52. The Bertz CT molecular complexity index is 703. The zero-order valence-electron chi connectivity index (χ0n) is 11.4. The molecule has 6 heteroatoms. The van der Waals surface area contributed by atoms with Gasteiger partial charge in [0.15, 0.2) is 5.58 Å². The maximum atomic E-state index is 12.0. The van der Waals surface area contributed by atoms with E-state index in [1.807, 2.05) is 37.3 Å². The summed E-state index contributed by atoms with van der Waals surface area (Å²) in [5, 5.41) is 3.01. The lowest BCUT2D eigenvalue weighted by atomic mass is 10.3. The van der Waals surface area contributed by atoms with Crippen LogP contribution in [0.15, 0.2) is 56.7 Å². The summed E-state index contributed by atoms with van der Waals surface area (Å²) >= 11 is 1.29. The molecule has 1 amide bonds. The van der Waals surface area contributed by atoms with E-state index in [4.69, 9.17) is 8.83 Å². The molecule has 0 spiro atoms. The third-order valence-electron chi connectivity index (χ3n) is 2.94. The zero-order chi connectivity index (χ0) is 14.7. The van der Waals surface area contributed by atoms with Gasteiger partial charge in [-0.1, -0.05) is 23.9 Å². The van der Waals surface area contributed by atoms with E-state index in [1.54, 1.807) is 12.3 Å². The van der Waals surface area contributed by atoms with Gasteiger partial charge in [0.2, 0.25) is 5.91 Å². The first-order chi connectivity index (χ1) is 10.2. The van der Waals surface area contributed by atoms with Crippen LogP contribution >= 0.6 is 11.8 Å². The molecule has 0 aliphatic heterocycles. The standard InChI is InChI=1S/C15H14N2O3S/c1-10(14(18)16-9-11-5-4-8-19-11)21-15-17-12-6-2-3-7-13(12)20-15/h2-8,10H,9H2,1H3,(H,16,18)/t10-/m0/s1. The number of amides is 1. The number of benzene rings is 1. The van der Waals surface area contributed by atoms with Gasteiger partial charge >= 0.3 is 0 Å². The smallest absolute Gasteiger partial charge is 0.257 e. The second-order valence-electron chi connectivity index (χ2n) is 4.50. The normalized spacial score (nSPS) is 12.4. The molecule has 0 bridgehead atoms. The number of nitrogens with one attached hydrogen (secondary N) is 1. The average molecular weight is 302 g/mol. The molecule has 0 aliphatic rings. The van der Waals surface area contributed by atoms with E-state index < -0.39 is 0 Å². The highest BCUT2D eigenvalue weighted by Gasteiger charge is 2.17. The largest absolute Gasteiger partial charge is 0.467 e. The quantitative estimate of drug-likeness (QED) is 0.733. The number of rotatable bonds is 5. The molecule has 5 nitrogen and oxygen atoms in total. The first-order valence-corrected chi connectivity index (χ1v) is 7.42. The second kappa shape index (κ2) is 6.05. The number of oxazole rings is 1. The lowest BCUT2D eigenvalue weighted by Crippen LogP contribution is -2.30. The number of thioether (sulfide) groups is 1. The fourth-order valence-electron chi connectivity index (χ4n) is 1.84. The number of hydrogen-bond donors (Lipinski definition) is 1. The van der Waals surface area contributed by atoms with E-state index in [1.165, 1.54) is 11.8 Å². The summed E-state index contributed by atoms with van der Waals surface area (Å²) in [6, 6.07) is 11.1. The molecule has 0 radical (unpaired) electrons. The molecule has 2 aromatic heterocycles. The van der Waals surface area contributed by atoms with Crippen LogP contribution in [0.25, 0.3) is 11.1 Å². The summed E-state index contributed by atoms with van der Waals surface area (Å²) in [7, 11) is 0. The van der Waals surface area contributed by atoms with Gasteiger partial charge in [-0.05, 0) is 31.2 Å². The van der Waals surface area contributed by atoms with E-state index in [0.717, 1.165) is 16.9 Å². The summed E-state index contributed by atoms with van der Waals surface area (Å²) in [4.78, 5) is 16.4. The molecule has 21 heavy (non-hydrogen) atoms. The SMILES string of the molecule is C[C@H](Sc1nc2ccccc2o1)C(=O)NCc1ccco1. The number of para-hydroxylation sites is 2. The van der Waals surface area contributed by atoms with Crippen LogP contribution in [0, 0.1) is 0 Å². The third kappa shape index (κ3) is 3.28. The minimum atomic E-state index is -0.298. The Hall–Kier alpha value is -2.21. The van der Waals surface area contributed by atoms with Gasteiger partial charge in [-0.2, -0.15) is 0 Å². The topological polar surface area (TPSA) is 68.3 Å². The van der Waals surface area contributed by atoms with Crippen molar-refractivity contribution in [2.75, 3.05) is 0 Å². The van der Waals surface area contributed by atoms with Crippen LogP contribution in [0.3, 0.4) is 0 Å². The number of hydrogen-bond acceptors (Lipinski definition) is 5.